The van der Waals surface area contributed by atoms with E-state index in [0.29, 0.717) is 0 Å². The van der Waals surface area contributed by atoms with Crippen molar-refractivity contribution >= 4 is 9.84 Å². The summed E-state index contributed by atoms with van der Waals surface area (Å²) in [7, 11) is -5.20. The summed E-state index contributed by atoms with van der Waals surface area (Å²) < 4.78 is 152. The molecule has 26 heavy (non-hydrogen) atoms. The van der Waals surface area contributed by atoms with Crippen LogP contribution in [-0.2, 0) is 15.6 Å². The van der Waals surface area contributed by atoms with Crippen molar-refractivity contribution in [3.05, 3.63) is 35.9 Å². The molecule has 0 aliphatic heterocycles. The maximum atomic E-state index is 13.5. The average Bonchev–Trinajstić information content (AvgIpc) is 2.45. The Bertz CT molecular complexity index is 716. The summed E-state index contributed by atoms with van der Waals surface area (Å²) in [5, 5.41) is 0. The predicted octanol–water partition coefficient (Wildman–Crippen LogP) is 4.41. The van der Waals surface area contributed by atoms with E-state index in [0.717, 1.165) is 12.1 Å². The Morgan fingerprint density at radius 3 is 1.69 bits per heavy atom. The van der Waals surface area contributed by atoms with Crippen LogP contribution in [0.3, 0.4) is 0 Å². The largest absolute Gasteiger partial charge is 0.384 e. The Kier molecular flexibility index (Phi) is 5.97. The van der Waals surface area contributed by atoms with Crippen LogP contribution >= 0.6 is 0 Å². The van der Waals surface area contributed by atoms with Gasteiger partial charge in [-0.05, 0) is 5.56 Å². The lowest BCUT2D eigenvalue weighted by Crippen LogP contribution is -2.65. The van der Waals surface area contributed by atoms with E-state index < -0.39 is 51.5 Å². The molecule has 0 atom stereocenters. The molecular formula is C13H10F10O2S. The summed E-state index contributed by atoms with van der Waals surface area (Å²) in [4.78, 5) is 0. The summed E-state index contributed by atoms with van der Waals surface area (Å²) in [6.07, 6.45) is -5.39. The predicted molar refractivity (Wildman–Crippen MR) is 69.7 cm³/mol. The second-order valence-electron chi connectivity index (χ2n) is 5.29. The molecule has 0 aliphatic carbocycles. The smallest absolute Gasteiger partial charge is 0.228 e. The number of sulfone groups is 1. The van der Waals surface area contributed by atoms with Crippen LogP contribution in [0.1, 0.15) is 5.56 Å². The molecule has 1 aromatic rings. The van der Waals surface area contributed by atoms with Crippen LogP contribution in [0.5, 0.6) is 0 Å². The van der Waals surface area contributed by atoms with Crippen LogP contribution in [0.25, 0.3) is 0 Å². The second kappa shape index (κ2) is 6.89. The third kappa shape index (κ3) is 4.07. The van der Waals surface area contributed by atoms with E-state index >= 15 is 0 Å². The number of hydrogen-bond acceptors (Lipinski definition) is 2. The van der Waals surface area contributed by atoms with Crippen molar-refractivity contribution in [1.82, 2.24) is 0 Å². The molecule has 1 rings (SSSR count). The average molecular weight is 420 g/mol. The zero-order valence-corrected chi connectivity index (χ0v) is 13.2. The van der Waals surface area contributed by atoms with Crippen molar-refractivity contribution in [1.29, 1.82) is 0 Å². The summed E-state index contributed by atoms with van der Waals surface area (Å²) in [6, 6.07) is 6.09. The van der Waals surface area contributed by atoms with Gasteiger partial charge in [0, 0.05) is 0 Å². The van der Waals surface area contributed by atoms with Gasteiger partial charge >= 0.3 is 30.1 Å². The summed E-state index contributed by atoms with van der Waals surface area (Å²) in [5.41, 5.74) is -0.170. The minimum atomic E-state index is -7.21. The van der Waals surface area contributed by atoms with Crippen LogP contribution in [0.4, 0.5) is 43.9 Å². The molecule has 150 valence electrons. The van der Waals surface area contributed by atoms with Crippen LogP contribution in [0.15, 0.2) is 30.3 Å². The Morgan fingerprint density at radius 2 is 1.27 bits per heavy atom. The molecule has 0 N–H and O–H groups in total. The number of benzene rings is 1. The molecule has 2 nitrogen and oxygen atoms in total. The van der Waals surface area contributed by atoms with Gasteiger partial charge in [-0.15, -0.1) is 0 Å². The minimum Gasteiger partial charge on any atom is -0.228 e. The molecule has 1 aromatic carbocycles. The van der Waals surface area contributed by atoms with Crippen molar-refractivity contribution < 1.29 is 52.3 Å². The highest BCUT2D eigenvalue weighted by molar-refractivity contribution is 7.90. The van der Waals surface area contributed by atoms with Gasteiger partial charge in [0.1, 0.15) is 5.75 Å². The van der Waals surface area contributed by atoms with Crippen molar-refractivity contribution in [3.8, 4) is 0 Å². The van der Waals surface area contributed by atoms with Crippen LogP contribution in [0, 0.1) is 0 Å². The van der Waals surface area contributed by atoms with E-state index in [2.05, 4.69) is 0 Å². The lowest BCUT2D eigenvalue weighted by atomic mass is 10.00. The fourth-order valence-electron chi connectivity index (χ4n) is 1.82. The molecule has 0 saturated heterocycles. The highest BCUT2D eigenvalue weighted by Gasteiger charge is 2.83. The van der Waals surface area contributed by atoms with Gasteiger partial charge in [0.05, 0.1) is 5.75 Å². The molecule has 0 spiro atoms. The Morgan fingerprint density at radius 1 is 0.808 bits per heavy atom. The quantitative estimate of drug-likeness (QED) is 0.584. The maximum Gasteiger partial charge on any atom is 0.384 e. The molecule has 0 unspecified atom stereocenters. The summed E-state index contributed by atoms with van der Waals surface area (Å²) in [6.45, 7) is 0. The van der Waals surface area contributed by atoms with Gasteiger partial charge in [-0.1, -0.05) is 30.3 Å². The highest BCUT2D eigenvalue weighted by Crippen LogP contribution is 2.54. The third-order valence-electron chi connectivity index (χ3n) is 3.18. The fraction of sp³-hybridized carbons (Fsp3) is 0.538. The lowest BCUT2D eigenvalue weighted by Gasteiger charge is -2.36. The first-order chi connectivity index (χ1) is 11.5. The Labute approximate surface area is 140 Å². The van der Waals surface area contributed by atoms with E-state index in [1.54, 1.807) is 0 Å². The number of rotatable bonds is 8. The monoisotopic (exact) mass is 420 g/mol. The fourth-order valence-corrected chi connectivity index (χ4v) is 3.36. The standard InChI is InChI=1S/C13H10F10O2S/c14-9(15)11(18,19)13(22,23)12(20,21)10(16,17)7-26(24,25)6-8-4-2-1-3-5-8/h1-5,9H,6-7H2. The first-order valence-electron chi connectivity index (χ1n) is 6.52. The molecule has 0 fully saturated rings. The van der Waals surface area contributed by atoms with Gasteiger partial charge in [-0.25, -0.2) is 17.2 Å². The molecule has 13 heteroatoms. The normalized spacial score (nSPS) is 14.7. The molecule has 0 aromatic heterocycles. The molecular weight excluding hydrogens is 410 g/mol. The zero-order chi connectivity index (χ0) is 20.6. The number of halogens is 10. The summed E-state index contributed by atoms with van der Waals surface area (Å²) in [5.74, 6) is -31.6. The number of alkyl halides is 10. The maximum absolute atomic E-state index is 13.5. The van der Waals surface area contributed by atoms with Crippen molar-refractivity contribution in [2.45, 2.75) is 35.9 Å². The van der Waals surface area contributed by atoms with E-state index in [1.165, 1.54) is 18.2 Å². The lowest BCUT2D eigenvalue weighted by molar-refractivity contribution is -0.379. The van der Waals surface area contributed by atoms with E-state index in [1.807, 2.05) is 0 Å². The zero-order valence-electron chi connectivity index (χ0n) is 12.4. The molecule has 0 bridgehead atoms. The first-order valence-corrected chi connectivity index (χ1v) is 8.34. The van der Waals surface area contributed by atoms with Crippen LogP contribution in [-0.4, -0.2) is 44.3 Å². The van der Waals surface area contributed by atoms with Gasteiger partial charge in [-0.2, -0.15) is 35.1 Å². The van der Waals surface area contributed by atoms with Gasteiger partial charge in [0.2, 0.25) is 0 Å². The third-order valence-corrected chi connectivity index (χ3v) is 4.75. The topological polar surface area (TPSA) is 34.1 Å². The molecule has 0 aliphatic rings. The first kappa shape index (κ1) is 22.5. The summed E-state index contributed by atoms with van der Waals surface area (Å²) >= 11 is 0. The van der Waals surface area contributed by atoms with E-state index in [9.17, 15) is 52.3 Å². The Hall–Kier alpha value is -1.53. The van der Waals surface area contributed by atoms with Gasteiger partial charge in [0.15, 0.2) is 9.84 Å². The van der Waals surface area contributed by atoms with Crippen molar-refractivity contribution in [2.24, 2.45) is 0 Å². The van der Waals surface area contributed by atoms with E-state index in [4.69, 9.17) is 0 Å². The molecule has 0 amide bonds. The molecule has 0 radical (unpaired) electrons. The van der Waals surface area contributed by atoms with Crippen LogP contribution in [0.2, 0.25) is 0 Å². The van der Waals surface area contributed by atoms with E-state index in [-0.39, 0.29) is 5.56 Å². The number of hydrogen-bond donors (Lipinski definition) is 0. The van der Waals surface area contributed by atoms with Gasteiger partial charge in [0.25, 0.3) is 0 Å². The minimum absolute atomic E-state index is 0.170. The molecule has 0 saturated carbocycles. The SMILES string of the molecule is O=S(=O)(Cc1ccccc1)CC(F)(F)C(F)(F)C(F)(F)C(F)(F)C(F)F. The van der Waals surface area contributed by atoms with Gasteiger partial charge in [-0.3, -0.25) is 0 Å². The second-order valence-corrected chi connectivity index (χ2v) is 7.36. The van der Waals surface area contributed by atoms with Crippen molar-refractivity contribution in [3.63, 3.8) is 0 Å². The van der Waals surface area contributed by atoms with Crippen LogP contribution < -0.4 is 0 Å². The van der Waals surface area contributed by atoms with Gasteiger partial charge < -0.3 is 0 Å². The molecule has 0 heterocycles. The Balaban J connectivity index is 3.18. The highest BCUT2D eigenvalue weighted by atomic mass is 32.2. The van der Waals surface area contributed by atoms with Crippen molar-refractivity contribution in [2.75, 3.05) is 5.75 Å².